The number of carbonyl (C=O) groups excluding carboxylic acids is 1. The van der Waals surface area contributed by atoms with E-state index in [0.29, 0.717) is 18.5 Å². The Labute approximate surface area is 165 Å². The normalized spacial score (nSPS) is 23.9. The Morgan fingerprint density at radius 1 is 1.33 bits per heavy atom. The third kappa shape index (κ3) is 5.64. The van der Waals surface area contributed by atoms with Gasteiger partial charge < -0.3 is 20.1 Å². The number of amides is 1. The molecule has 0 radical (unpaired) electrons. The summed E-state index contributed by atoms with van der Waals surface area (Å²) in [6.45, 7) is 4.45. The zero-order valence-electron chi connectivity index (χ0n) is 16.4. The molecule has 1 aromatic rings. The van der Waals surface area contributed by atoms with E-state index in [-0.39, 0.29) is 5.92 Å². The summed E-state index contributed by atoms with van der Waals surface area (Å²) in [5.74, 6) is 4.30. The lowest BCUT2D eigenvalue weighted by atomic mass is 9.85. The second-order valence-electron chi connectivity index (χ2n) is 7.19. The topological polar surface area (TPSA) is 82.8 Å². The highest BCUT2D eigenvalue weighted by molar-refractivity contribution is 7.99. The van der Waals surface area contributed by atoms with E-state index in [9.17, 15) is 4.79 Å². The first kappa shape index (κ1) is 20.0. The second kappa shape index (κ2) is 10.0. The van der Waals surface area contributed by atoms with Crippen molar-refractivity contribution in [2.45, 2.75) is 51.6 Å². The fraction of sp³-hybridized carbons (Fsp3) is 0.737. The van der Waals surface area contributed by atoms with Crippen molar-refractivity contribution in [2.75, 3.05) is 31.6 Å². The summed E-state index contributed by atoms with van der Waals surface area (Å²) >= 11 is 1.94. The van der Waals surface area contributed by atoms with Crippen LogP contribution in [0, 0.1) is 5.92 Å². The number of aromatic nitrogens is 1. The van der Waals surface area contributed by atoms with Crippen LogP contribution in [0.1, 0.15) is 44.1 Å². The van der Waals surface area contributed by atoms with Gasteiger partial charge >= 0.3 is 0 Å². The first-order valence-corrected chi connectivity index (χ1v) is 11.1. The number of guanidine groups is 1. The van der Waals surface area contributed by atoms with E-state index in [1.807, 2.05) is 17.8 Å². The van der Waals surface area contributed by atoms with Crippen LogP contribution in [0.3, 0.4) is 0 Å². The van der Waals surface area contributed by atoms with Crippen LogP contribution in [0.15, 0.2) is 15.6 Å². The summed E-state index contributed by atoms with van der Waals surface area (Å²) < 4.78 is 5.30. The van der Waals surface area contributed by atoms with Crippen molar-refractivity contribution < 1.29 is 9.32 Å². The molecule has 0 atom stereocenters. The number of nitrogens with one attached hydrogen (secondary N) is 2. The van der Waals surface area contributed by atoms with E-state index in [1.165, 1.54) is 0 Å². The third-order valence-corrected chi connectivity index (χ3v) is 6.31. The highest BCUT2D eigenvalue weighted by Crippen LogP contribution is 2.27. The highest BCUT2D eigenvalue weighted by Gasteiger charge is 2.30. The average Bonchev–Trinajstić information content (AvgIpc) is 3.20. The summed E-state index contributed by atoms with van der Waals surface area (Å²) in [4.78, 5) is 19.0. The molecule has 2 heterocycles. The molecule has 1 aliphatic heterocycles. The van der Waals surface area contributed by atoms with Crippen LogP contribution in [0.25, 0.3) is 0 Å². The molecule has 3 rings (SSSR count). The average molecular weight is 394 g/mol. The zero-order valence-corrected chi connectivity index (χ0v) is 17.2. The number of carbonyl (C=O) groups is 1. The Morgan fingerprint density at radius 3 is 2.70 bits per heavy atom. The van der Waals surface area contributed by atoms with Crippen molar-refractivity contribution in [3.05, 3.63) is 17.5 Å². The Morgan fingerprint density at radius 2 is 2.07 bits per heavy atom. The molecule has 2 fully saturated rings. The summed E-state index contributed by atoms with van der Waals surface area (Å²) in [5, 5.41) is 10.8. The maximum atomic E-state index is 12.7. The van der Waals surface area contributed by atoms with Crippen molar-refractivity contribution in [3.63, 3.8) is 0 Å². The monoisotopic (exact) mass is 393 g/mol. The lowest BCUT2D eigenvalue weighted by Gasteiger charge is -2.34. The van der Waals surface area contributed by atoms with E-state index in [4.69, 9.17) is 4.52 Å². The van der Waals surface area contributed by atoms with Gasteiger partial charge in [0.25, 0.3) is 0 Å². The summed E-state index contributed by atoms with van der Waals surface area (Å²) in [6.07, 6.45) is 4.79. The Bertz CT molecular complexity index is 634. The van der Waals surface area contributed by atoms with E-state index < -0.39 is 0 Å². The van der Waals surface area contributed by atoms with Gasteiger partial charge in [-0.25, -0.2) is 0 Å². The van der Waals surface area contributed by atoms with Gasteiger partial charge in [-0.1, -0.05) is 12.1 Å². The van der Waals surface area contributed by atoms with Gasteiger partial charge in [0.1, 0.15) is 0 Å². The van der Waals surface area contributed by atoms with Crippen molar-refractivity contribution in [2.24, 2.45) is 10.9 Å². The Hall–Kier alpha value is -1.70. The van der Waals surface area contributed by atoms with Gasteiger partial charge in [0, 0.05) is 49.7 Å². The number of hydrogen-bond acceptors (Lipinski definition) is 5. The standard InChI is InChI=1S/C19H31N5O2S/c1-3-15-12-17(26-23-15)13-21-19(20-2)22-16-6-4-14(5-7-16)18(25)24-8-10-27-11-9-24/h12,14,16H,3-11,13H2,1-2H3,(H2,20,21,22). The molecule has 0 spiro atoms. The molecule has 1 saturated heterocycles. The fourth-order valence-electron chi connectivity index (χ4n) is 3.69. The molecule has 1 amide bonds. The zero-order chi connectivity index (χ0) is 19.1. The minimum absolute atomic E-state index is 0.197. The van der Waals surface area contributed by atoms with E-state index in [1.54, 1.807) is 7.05 Å². The molecule has 2 aliphatic rings. The number of thioether (sulfide) groups is 1. The van der Waals surface area contributed by atoms with Crippen molar-refractivity contribution in [3.8, 4) is 0 Å². The largest absolute Gasteiger partial charge is 0.359 e. The van der Waals surface area contributed by atoms with Gasteiger partial charge in [-0.3, -0.25) is 9.79 Å². The van der Waals surface area contributed by atoms with Gasteiger partial charge in [0.15, 0.2) is 11.7 Å². The van der Waals surface area contributed by atoms with E-state index in [2.05, 4.69) is 32.6 Å². The quantitative estimate of drug-likeness (QED) is 0.588. The van der Waals surface area contributed by atoms with Crippen molar-refractivity contribution in [1.82, 2.24) is 20.7 Å². The van der Waals surface area contributed by atoms with Crippen LogP contribution >= 0.6 is 11.8 Å². The number of aliphatic imine (C=N–C) groups is 1. The fourth-order valence-corrected chi connectivity index (χ4v) is 4.59. The first-order valence-electron chi connectivity index (χ1n) is 9.97. The van der Waals surface area contributed by atoms with Crippen LogP contribution in [-0.4, -0.2) is 59.6 Å². The molecule has 2 N–H and O–H groups in total. The predicted octanol–water partition coefficient (Wildman–Crippen LogP) is 2.04. The summed E-state index contributed by atoms with van der Waals surface area (Å²) in [7, 11) is 1.77. The smallest absolute Gasteiger partial charge is 0.225 e. The molecule has 0 unspecified atom stereocenters. The van der Waals surface area contributed by atoms with Gasteiger partial charge in [-0.05, 0) is 32.1 Å². The summed E-state index contributed by atoms with van der Waals surface area (Å²) in [6, 6.07) is 2.33. The third-order valence-electron chi connectivity index (χ3n) is 5.36. The number of rotatable bonds is 5. The van der Waals surface area contributed by atoms with Crippen molar-refractivity contribution in [1.29, 1.82) is 0 Å². The van der Waals surface area contributed by atoms with Crippen LogP contribution in [0.4, 0.5) is 0 Å². The minimum atomic E-state index is 0.197. The van der Waals surface area contributed by atoms with Gasteiger partial charge in [0.2, 0.25) is 5.91 Å². The second-order valence-corrected chi connectivity index (χ2v) is 8.42. The number of hydrogen-bond donors (Lipinski definition) is 2. The Balaban J connectivity index is 1.41. The van der Waals surface area contributed by atoms with Gasteiger partial charge in [-0.15, -0.1) is 0 Å². The highest BCUT2D eigenvalue weighted by atomic mass is 32.2. The molecular weight excluding hydrogens is 362 g/mol. The maximum absolute atomic E-state index is 12.7. The van der Waals surface area contributed by atoms with Crippen LogP contribution < -0.4 is 10.6 Å². The minimum Gasteiger partial charge on any atom is -0.359 e. The van der Waals surface area contributed by atoms with Gasteiger partial charge in [-0.2, -0.15) is 11.8 Å². The lowest BCUT2D eigenvalue weighted by molar-refractivity contribution is -0.136. The molecule has 8 heteroatoms. The SMILES string of the molecule is CCc1cc(CNC(=NC)NC2CCC(C(=O)N3CCSCC3)CC2)on1. The van der Waals surface area contributed by atoms with Crippen LogP contribution in [0.5, 0.6) is 0 Å². The lowest BCUT2D eigenvalue weighted by Crippen LogP contribution is -2.47. The Kier molecular flexibility index (Phi) is 7.43. The van der Waals surface area contributed by atoms with E-state index >= 15 is 0 Å². The van der Waals surface area contributed by atoms with Crippen LogP contribution in [-0.2, 0) is 17.8 Å². The predicted molar refractivity (Wildman–Crippen MR) is 109 cm³/mol. The molecule has 27 heavy (non-hydrogen) atoms. The molecule has 1 aromatic heterocycles. The molecular formula is C19H31N5O2S. The number of aryl methyl sites for hydroxylation is 1. The van der Waals surface area contributed by atoms with Crippen LogP contribution in [0.2, 0.25) is 0 Å². The molecule has 150 valence electrons. The molecule has 0 aromatic carbocycles. The first-order chi connectivity index (χ1) is 13.2. The molecule has 1 saturated carbocycles. The van der Waals surface area contributed by atoms with E-state index in [0.717, 1.165) is 74.1 Å². The molecule has 1 aliphatic carbocycles. The number of nitrogens with zero attached hydrogens (tertiary/aromatic N) is 3. The summed E-state index contributed by atoms with van der Waals surface area (Å²) in [5.41, 5.74) is 0.963. The van der Waals surface area contributed by atoms with Gasteiger partial charge in [0.05, 0.1) is 12.2 Å². The molecule has 0 bridgehead atoms. The van der Waals surface area contributed by atoms with Crippen molar-refractivity contribution >= 4 is 23.6 Å². The molecule has 7 nitrogen and oxygen atoms in total. The maximum Gasteiger partial charge on any atom is 0.225 e.